The lowest BCUT2D eigenvalue weighted by atomic mass is 10.2. The Morgan fingerprint density at radius 1 is 1.28 bits per heavy atom. The number of aryl methyl sites for hydroxylation is 1. The summed E-state index contributed by atoms with van der Waals surface area (Å²) < 4.78 is 1.44. The molecule has 3 rings (SSSR count). The molecule has 2 heterocycles. The molecule has 1 N–H and O–H groups in total. The number of nitrogens with one attached hydrogen (secondary N) is 1. The van der Waals surface area contributed by atoms with Gasteiger partial charge in [-0.3, -0.25) is 14.6 Å². The molecular weight excluding hydrogens is 340 g/mol. The molecule has 0 bridgehead atoms. The number of para-hydroxylation sites is 1. The first-order chi connectivity index (χ1) is 12.0. The lowest BCUT2D eigenvalue weighted by Crippen LogP contribution is -2.38. The highest BCUT2D eigenvalue weighted by molar-refractivity contribution is 7.99. The van der Waals surface area contributed by atoms with Crippen molar-refractivity contribution >= 4 is 29.1 Å². The summed E-state index contributed by atoms with van der Waals surface area (Å²) in [6, 6.07) is 9.57. The van der Waals surface area contributed by atoms with E-state index in [0.717, 1.165) is 5.69 Å². The lowest BCUT2D eigenvalue weighted by molar-refractivity contribution is -0.116. The first kappa shape index (κ1) is 17.2. The first-order valence-corrected chi connectivity index (χ1v) is 8.78. The molecule has 0 atom stereocenters. The molecule has 1 aromatic carbocycles. The molecule has 9 heteroatoms. The van der Waals surface area contributed by atoms with Gasteiger partial charge in [0.05, 0.1) is 5.75 Å². The summed E-state index contributed by atoms with van der Waals surface area (Å²) in [6.45, 7) is 5.54. The van der Waals surface area contributed by atoms with E-state index >= 15 is 0 Å². The Morgan fingerprint density at radius 3 is 2.68 bits per heavy atom. The SMILES string of the molecule is Cc1nn2c(SCC(=O)N(c3ccccc3)C(C)C)nnc2[nH]c1=O. The summed E-state index contributed by atoms with van der Waals surface area (Å²) >= 11 is 1.23. The van der Waals surface area contributed by atoms with Crippen LogP contribution in [0.25, 0.3) is 5.78 Å². The third-order valence-corrected chi connectivity index (χ3v) is 4.46. The van der Waals surface area contributed by atoms with E-state index in [4.69, 9.17) is 0 Å². The molecule has 0 spiro atoms. The summed E-state index contributed by atoms with van der Waals surface area (Å²) in [7, 11) is 0. The summed E-state index contributed by atoms with van der Waals surface area (Å²) in [5, 5.41) is 12.5. The van der Waals surface area contributed by atoms with Gasteiger partial charge in [0.2, 0.25) is 11.1 Å². The van der Waals surface area contributed by atoms with E-state index in [1.165, 1.54) is 16.3 Å². The third-order valence-electron chi connectivity index (χ3n) is 3.56. The molecule has 25 heavy (non-hydrogen) atoms. The number of anilines is 1. The second kappa shape index (κ2) is 7.06. The van der Waals surface area contributed by atoms with Gasteiger partial charge in [0.15, 0.2) is 0 Å². The Hall–Kier alpha value is -2.68. The summed E-state index contributed by atoms with van der Waals surface area (Å²) in [5.74, 6) is 0.409. The zero-order valence-corrected chi connectivity index (χ0v) is 14.9. The Bertz CT molecular complexity index is 950. The van der Waals surface area contributed by atoms with Crippen molar-refractivity contribution in [1.82, 2.24) is 24.8 Å². The minimum absolute atomic E-state index is 0.0300. The van der Waals surface area contributed by atoms with Gasteiger partial charge in [-0.1, -0.05) is 30.0 Å². The molecule has 2 aromatic heterocycles. The van der Waals surface area contributed by atoms with Gasteiger partial charge >= 0.3 is 0 Å². The molecule has 0 aliphatic heterocycles. The molecule has 0 aliphatic rings. The van der Waals surface area contributed by atoms with Gasteiger partial charge in [-0.2, -0.15) is 9.61 Å². The van der Waals surface area contributed by atoms with E-state index in [1.807, 2.05) is 44.2 Å². The number of hydrogen-bond acceptors (Lipinski definition) is 6. The average molecular weight is 358 g/mol. The average Bonchev–Trinajstić information content (AvgIpc) is 2.96. The lowest BCUT2D eigenvalue weighted by Gasteiger charge is -2.26. The summed E-state index contributed by atoms with van der Waals surface area (Å²) in [6.07, 6.45) is 0. The van der Waals surface area contributed by atoms with Gasteiger partial charge in [-0.15, -0.1) is 10.2 Å². The van der Waals surface area contributed by atoms with Crippen molar-refractivity contribution in [2.75, 3.05) is 10.7 Å². The van der Waals surface area contributed by atoms with Gasteiger partial charge < -0.3 is 4.90 Å². The van der Waals surface area contributed by atoms with E-state index in [-0.39, 0.29) is 29.0 Å². The second-order valence-corrected chi connectivity index (χ2v) is 6.68. The van der Waals surface area contributed by atoms with E-state index in [9.17, 15) is 9.59 Å². The topological polar surface area (TPSA) is 96.2 Å². The van der Waals surface area contributed by atoms with Crippen molar-refractivity contribution in [2.24, 2.45) is 0 Å². The molecule has 0 fully saturated rings. The first-order valence-electron chi connectivity index (χ1n) is 7.79. The summed E-state index contributed by atoms with van der Waals surface area (Å²) in [5.41, 5.74) is 0.864. The van der Waals surface area contributed by atoms with E-state index < -0.39 is 0 Å². The van der Waals surface area contributed by atoms with Crippen LogP contribution in [0.5, 0.6) is 0 Å². The molecule has 0 radical (unpaired) electrons. The number of thioether (sulfide) groups is 1. The second-order valence-electron chi connectivity index (χ2n) is 5.74. The number of carbonyl (C=O) groups is 1. The van der Waals surface area contributed by atoms with Crippen molar-refractivity contribution in [2.45, 2.75) is 32.0 Å². The zero-order valence-electron chi connectivity index (χ0n) is 14.1. The van der Waals surface area contributed by atoms with Gasteiger partial charge in [-0.05, 0) is 32.9 Å². The molecule has 0 saturated carbocycles. The highest BCUT2D eigenvalue weighted by atomic mass is 32.2. The molecule has 0 saturated heterocycles. The largest absolute Gasteiger partial charge is 0.309 e. The molecule has 3 aromatic rings. The number of fused-ring (bicyclic) bond motifs is 1. The molecule has 0 unspecified atom stereocenters. The minimum Gasteiger partial charge on any atom is -0.309 e. The van der Waals surface area contributed by atoms with E-state index in [0.29, 0.717) is 10.9 Å². The van der Waals surface area contributed by atoms with Crippen LogP contribution < -0.4 is 10.5 Å². The minimum atomic E-state index is -0.303. The monoisotopic (exact) mass is 358 g/mol. The maximum absolute atomic E-state index is 12.7. The van der Waals surface area contributed by atoms with Crippen molar-refractivity contribution < 1.29 is 4.79 Å². The predicted molar refractivity (Wildman–Crippen MR) is 95.9 cm³/mol. The fourth-order valence-electron chi connectivity index (χ4n) is 2.43. The van der Waals surface area contributed by atoms with Crippen LogP contribution in [-0.4, -0.2) is 42.5 Å². The van der Waals surface area contributed by atoms with Gasteiger partial charge in [0.25, 0.3) is 11.3 Å². The summed E-state index contributed by atoms with van der Waals surface area (Å²) in [4.78, 5) is 28.6. The van der Waals surface area contributed by atoms with E-state index in [1.54, 1.807) is 11.8 Å². The standard InChI is InChI=1S/C16H18N6O2S/c1-10(2)21(12-7-5-4-6-8-12)13(23)9-25-16-19-18-15-17-14(24)11(3)20-22(15)16/h4-8,10H,9H2,1-3H3,(H,17,18,24). The number of rotatable bonds is 5. The Balaban J connectivity index is 1.79. The van der Waals surface area contributed by atoms with Crippen LogP contribution in [0.2, 0.25) is 0 Å². The van der Waals surface area contributed by atoms with Crippen LogP contribution >= 0.6 is 11.8 Å². The quantitative estimate of drug-likeness (QED) is 0.697. The molecule has 130 valence electrons. The zero-order chi connectivity index (χ0) is 18.0. The van der Waals surface area contributed by atoms with Crippen molar-refractivity contribution in [1.29, 1.82) is 0 Å². The molecule has 1 amide bonds. The molecular formula is C16H18N6O2S. The number of hydrogen-bond donors (Lipinski definition) is 1. The van der Waals surface area contributed by atoms with Crippen LogP contribution in [-0.2, 0) is 4.79 Å². The fraction of sp³-hybridized carbons (Fsp3) is 0.312. The Morgan fingerprint density at radius 2 is 2.00 bits per heavy atom. The van der Waals surface area contributed by atoms with Gasteiger partial charge in [0, 0.05) is 11.7 Å². The molecule has 0 aliphatic carbocycles. The number of aromatic nitrogens is 5. The molecule has 8 nitrogen and oxygen atoms in total. The van der Waals surface area contributed by atoms with Crippen LogP contribution in [0, 0.1) is 6.92 Å². The van der Waals surface area contributed by atoms with Crippen LogP contribution in [0.4, 0.5) is 5.69 Å². The number of amides is 1. The predicted octanol–water partition coefficient (Wildman–Crippen LogP) is 1.65. The smallest absolute Gasteiger partial charge is 0.273 e. The van der Waals surface area contributed by atoms with Gasteiger partial charge in [0.1, 0.15) is 5.69 Å². The maximum atomic E-state index is 12.7. The van der Waals surface area contributed by atoms with Crippen molar-refractivity contribution in [3.05, 3.63) is 46.4 Å². The fourth-order valence-corrected chi connectivity index (χ4v) is 3.17. The number of benzene rings is 1. The number of H-pyrrole nitrogens is 1. The van der Waals surface area contributed by atoms with E-state index in [2.05, 4.69) is 20.3 Å². The van der Waals surface area contributed by atoms with Crippen molar-refractivity contribution in [3.8, 4) is 0 Å². The number of carbonyl (C=O) groups excluding carboxylic acids is 1. The van der Waals surface area contributed by atoms with Crippen molar-refractivity contribution in [3.63, 3.8) is 0 Å². The highest BCUT2D eigenvalue weighted by Crippen LogP contribution is 2.21. The Kier molecular flexibility index (Phi) is 4.84. The van der Waals surface area contributed by atoms with Crippen LogP contribution in [0.15, 0.2) is 40.3 Å². The highest BCUT2D eigenvalue weighted by Gasteiger charge is 2.20. The number of nitrogens with zero attached hydrogens (tertiary/aromatic N) is 5. The Labute approximate surface area is 148 Å². The third kappa shape index (κ3) is 3.55. The van der Waals surface area contributed by atoms with Crippen LogP contribution in [0.1, 0.15) is 19.5 Å². The van der Waals surface area contributed by atoms with Gasteiger partial charge in [-0.25, -0.2) is 0 Å². The van der Waals surface area contributed by atoms with Crippen LogP contribution in [0.3, 0.4) is 0 Å². The number of aromatic amines is 1. The maximum Gasteiger partial charge on any atom is 0.273 e. The normalized spacial score (nSPS) is 11.2.